The number of urea groups is 1. The van der Waals surface area contributed by atoms with Crippen molar-refractivity contribution in [3.8, 4) is 5.75 Å². The summed E-state index contributed by atoms with van der Waals surface area (Å²) in [4.78, 5) is 30.5. The highest BCUT2D eigenvalue weighted by Gasteiger charge is 2.47. The molecule has 2 aliphatic heterocycles. The summed E-state index contributed by atoms with van der Waals surface area (Å²) in [6.45, 7) is 0.846. The first-order valence-corrected chi connectivity index (χ1v) is 13.4. The summed E-state index contributed by atoms with van der Waals surface area (Å²) < 4.78 is 11.5. The van der Waals surface area contributed by atoms with Gasteiger partial charge in [-0.3, -0.25) is 0 Å². The smallest absolute Gasteiger partial charge is 0.336 e. The minimum atomic E-state index is -0.398. The molecule has 7 heteroatoms. The lowest BCUT2D eigenvalue weighted by atomic mass is 9.88. The molecular weight excluding hydrogens is 490 g/mol. The van der Waals surface area contributed by atoms with Crippen LogP contribution >= 0.6 is 0 Å². The molecule has 1 saturated heterocycles. The van der Waals surface area contributed by atoms with Crippen molar-refractivity contribution in [1.82, 2.24) is 10.2 Å². The van der Waals surface area contributed by atoms with Gasteiger partial charge in [0.25, 0.3) is 0 Å². The second kappa shape index (κ2) is 11.6. The van der Waals surface area contributed by atoms with Crippen molar-refractivity contribution in [3.05, 3.63) is 101 Å². The average molecular weight is 526 g/mol. The van der Waals surface area contributed by atoms with E-state index >= 15 is 0 Å². The summed E-state index contributed by atoms with van der Waals surface area (Å²) in [5, 5.41) is 3.07. The molecular formula is C32H35N3O4. The van der Waals surface area contributed by atoms with Crippen LogP contribution in [0.5, 0.6) is 5.75 Å². The Morgan fingerprint density at radius 1 is 0.923 bits per heavy atom. The summed E-state index contributed by atoms with van der Waals surface area (Å²) in [6, 6.07) is 25.4. The lowest BCUT2D eigenvalue weighted by molar-refractivity contribution is -0.136. The van der Waals surface area contributed by atoms with Crippen LogP contribution in [-0.4, -0.2) is 50.2 Å². The Morgan fingerprint density at radius 3 is 2.36 bits per heavy atom. The molecule has 1 fully saturated rings. The highest BCUT2D eigenvalue weighted by molar-refractivity contribution is 6.01. The van der Waals surface area contributed by atoms with Crippen molar-refractivity contribution in [2.75, 3.05) is 26.1 Å². The normalized spacial score (nSPS) is 18.1. The van der Waals surface area contributed by atoms with Crippen LogP contribution in [0.3, 0.4) is 0 Å². The number of para-hydroxylation sites is 1. The van der Waals surface area contributed by atoms with Gasteiger partial charge in [0.2, 0.25) is 0 Å². The van der Waals surface area contributed by atoms with Crippen molar-refractivity contribution in [2.24, 2.45) is 0 Å². The molecule has 7 nitrogen and oxygen atoms in total. The van der Waals surface area contributed by atoms with E-state index in [4.69, 9.17) is 9.47 Å². The van der Waals surface area contributed by atoms with Crippen molar-refractivity contribution >= 4 is 23.3 Å². The maximum atomic E-state index is 13.4. The number of fused-ring (bicyclic) bond motifs is 2. The van der Waals surface area contributed by atoms with E-state index in [0.29, 0.717) is 25.1 Å². The van der Waals surface area contributed by atoms with Crippen LogP contribution in [-0.2, 0) is 22.7 Å². The minimum Gasteiger partial charge on any atom is -0.488 e. The molecule has 2 aliphatic rings. The highest BCUT2D eigenvalue weighted by atomic mass is 16.5. The summed E-state index contributed by atoms with van der Waals surface area (Å²) in [5.74, 6) is 0.321. The van der Waals surface area contributed by atoms with Crippen LogP contribution in [0, 0.1) is 0 Å². The Balaban J connectivity index is 1.38. The number of carbonyl (C=O) groups excluding carboxylic acids is 2. The van der Waals surface area contributed by atoms with Gasteiger partial charge in [-0.15, -0.1) is 0 Å². The standard InChI is InChI=1S/C32H35N3O4/c1-34(2)24-15-13-22(14-16-24)20-33-32(37)35-25-17-18-28(35)30(31(36)38-3)27(19-25)26-11-7-8-12-29(26)39-21-23-9-5-4-6-10-23/h4-16,25,28H,17-21H2,1-3H3,(H,33,37)/t25-,28+/m0/s1. The molecule has 0 saturated carbocycles. The average Bonchev–Trinajstić information content (AvgIpc) is 3.28. The van der Waals surface area contributed by atoms with Crippen LogP contribution in [0.1, 0.15) is 36.0 Å². The van der Waals surface area contributed by atoms with Gasteiger partial charge in [0.15, 0.2) is 0 Å². The number of hydrogen-bond donors (Lipinski definition) is 1. The monoisotopic (exact) mass is 525 g/mol. The second-order valence-electron chi connectivity index (χ2n) is 10.2. The van der Waals surface area contributed by atoms with Crippen LogP contribution in [0.2, 0.25) is 0 Å². The van der Waals surface area contributed by atoms with Gasteiger partial charge < -0.3 is 24.6 Å². The Bertz CT molecular complexity index is 1350. The number of amides is 2. The number of hydrogen-bond acceptors (Lipinski definition) is 5. The number of rotatable bonds is 8. The van der Waals surface area contributed by atoms with E-state index in [0.717, 1.165) is 46.5 Å². The van der Waals surface area contributed by atoms with E-state index in [2.05, 4.69) is 5.32 Å². The zero-order valence-electron chi connectivity index (χ0n) is 22.7. The number of anilines is 1. The van der Waals surface area contributed by atoms with Crippen molar-refractivity contribution in [3.63, 3.8) is 0 Å². The maximum absolute atomic E-state index is 13.4. The van der Waals surface area contributed by atoms with E-state index in [1.54, 1.807) is 0 Å². The fraction of sp³-hybridized carbons (Fsp3) is 0.312. The van der Waals surface area contributed by atoms with E-state index in [9.17, 15) is 9.59 Å². The fourth-order valence-electron chi connectivity index (χ4n) is 5.60. The minimum absolute atomic E-state index is 0.00305. The number of methoxy groups -OCH3 is 1. The SMILES string of the molecule is COC(=O)C1=C(c2ccccc2OCc2ccccc2)C[C@@H]2CC[C@H]1N2C(=O)NCc1ccc(N(C)C)cc1. The highest BCUT2D eigenvalue weighted by Crippen LogP contribution is 2.45. The second-order valence-corrected chi connectivity index (χ2v) is 10.2. The lowest BCUT2D eigenvalue weighted by Gasteiger charge is -2.37. The van der Waals surface area contributed by atoms with Crippen LogP contribution < -0.4 is 15.0 Å². The van der Waals surface area contributed by atoms with Crippen LogP contribution in [0.25, 0.3) is 5.57 Å². The molecule has 3 aromatic carbocycles. The zero-order valence-corrected chi connectivity index (χ0v) is 22.7. The van der Waals surface area contributed by atoms with Gasteiger partial charge >= 0.3 is 12.0 Å². The molecule has 0 radical (unpaired) electrons. The maximum Gasteiger partial charge on any atom is 0.336 e. The van der Waals surface area contributed by atoms with Crippen molar-refractivity contribution < 1.29 is 19.1 Å². The quantitative estimate of drug-likeness (QED) is 0.399. The van der Waals surface area contributed by atoms with Gasteiger partial charge in [-0.25, -0.2) is 9.59 Å². The van der Waals surface area contributed by atoms with Gasteiger partial charge in [0.1, 0.15) is 12.4 Å². The number of ether oxygens (including phenoxy) is 2. The molecule has 2 heterocycles. The number of carbonyl (C=O) groups is 2. The predicted molar refractivity (Wildman–Crippen MR) is 152 cm³/mol. The van der Waals surface area contributed by atoms with Crippen LogP contribution in [0.4, 0.5) is 10.5 Å². The Labute approximate surface area is 230 Å². The zero-order chi connectivity index (χ0) is 27.4. The summed E-state index contributed by atoms with van der Waals surface area (Å²) in [5.41, 5.74) is 5.53. The molecule has 3 aromatic rings. The van der Waals surface area contributed by atoms with Gasteiger partial charge in [-0.2, -0.15) is 0 Å². The molecule has 1 N–H and O–H groups in total. The summed E-state index contributed by atoms with van der Waals surface area (Å²) >= 11 is 0. The first-order chi connectivity index (χ1) is 19.0. The molecule has 5 rings (SSSR count). The number of nitrogens with one attached hydrogen (secondary N) is 1. The Kier molecular flexibility index (Phi) is 7.87. The summed E-state index contributed by atoms with van der Waals surface area (Å²) in [6.07, 6.45) is 2.11. The van der Waals surface area contributed by atoms with Gasteiger partial charge in [-0.1, -0.05) is 60.7 Å². The van der Waals surface area contributed by atoms with E-state index in [-0.39, 0.29) is 18.1 Å². The number of esters is 1. The molecule has 0 spiro atoms. The molecule has 202 valence electrons. The Hall–Kier alpha value is -4.26. The third-order valence-corrected chi connectivity index (χ3v) is 7.59. The van der Waals surface area contributed by atoms with Gasteiger partial charge in [0.05, 0.1) is 18.7 Å². The molecule has 0 aliphatic carbocycles. The topological polar surface area (TPSA) is 71.1 Å². The molecule has 2 atom stereocenters. The molecule has 39 heavy (non-hydrogen) atoms. The van der Waals surface area contributed by atoms with E-state index in [1.165, 1.54) is 7.11 Å². The summed E-state index contributed by atoms with van der Waals surface area (Å²) in [7, 11) is 5.39. The Morgan fingerprint density at radius 2 is 1.64 bits per heavy atom. The van der Waals surface area contributed by atoms with Crippen molar-refractivity contribution in [2.45, 2.75) is 44.5 Å². The largest absolute Gasteiger partial charge is 0.488 e. The van der Waals surface area contributed by atoms with Crippen LogP contribution in [0.15, 0.2) is 84.4 Å². The third-order valence-electron chi connectivity index (χ3n) is 7.59. The molecule has 0 aromatic heterocycles. The molecule has 2 amide bonds. The first kappa shape index (κ1) is 26.4. The lowest BCUT2D eigenvalue weighted by Crippen LogP contribution is -2.50. The van der Waals surface area contributed by atoms with Crippen molar-refractivity contribution in [1.29, 1.82) is 0 Å². The van der Waals surface area contributed by atoms with E-state index < -0.39 is 5.97 Å². The number of nitrogens with zero attached hydrogens (tertiary/aromatic N) is 2. The third kappa shape index (κ3) is 5.62. The molecule has 0 unspecified atom stereocenters. The fourth-order valence-corrected chi connectivity index (χ4v) is 5.60. The number of benzene rings is 3. The first-order valence-electron chi connectivity index (χ1n) is 13.4. The molecule has 2 bridgehead atoms. The van der Waals surface area contributed by atoms with Gasteiger partial charge in [-0.05, 0) is 54.2 Å². The predicted octanol–water partition coefficient (Wildman–Crippen LogP) is 5.40. The van der Waals surface area contributed by atoms with Gasteiger partial charge in [0, 0.05) is 37.9 Å². The van der Waals surface area contributed by atoms with E-state index in [1.807, 2.05) is 103 Å².